The van der Waals surface area contributed by atoms with Crippen molar-refractivity contribution in [3.8, 4) is 0 Å². The van der Waals surface area contributed by atoms with Crippen molar-refractivity contribution in [2.24, 2.45) is 0 Å². The summed E-state index contributed by atoms with van der Waals surface area (Å²) in [6, 6.07) is 5.13. The molecule has 1 aliphatic heterocycles. The van der Waals surface area contributed by atoms with Crippen LogP contribution in [0.5, 0.6) is 0 Å². The molecular weight excluding hydrogens is 338 g/mol. The fourth-order valence-corrected chi connectivity index (χ4v) is 3.21. The summed E-state index contributed by atoms with van der Waals surface area (Å²) >= 11 is 9.55. The average Bonchev–Trinajstić information content (AvgIpc) is 2.37. The van der Waals surface area contributed by atoms with E-state index in [1.165, 1.54) is 0 Å². The molecule has 19 heavy (non-hydrogen) atoms. The second kappa shape index (κ2) is 6.97. The van der Waals surface area contributed by atoms with Gasteiger partial charge in [0.25, 0.3) is 0 Å². The van der Waals surface area contributed by atoms with E-state index in [1.54, 1.807) is 6.07 Å². The fraction of sp³-hybridized carbons (Fsp3) is 0.538. The molecule has 1 atom stereocenters. The van der Waals surface area contributed by atoms with E-state index in [0.717, 1.165) is 36.2 Å². The van der Waals surface area contributed by atoms with Crippen LogP contribution >= 0.6 is 27.5 Å². The zero-order valence-electron chi connectivity index (χ0n) is 10.4. The van der Waals surface area contributed by atoms with E-state index in [9.17, 15) is 8.78 Å². The third-order valence-corrected chi connectivity index (χ3v) is 4.14. The molecule has 1 heterocycles. The first-order chi connectivity index (χ1) is 9.08. The highest BCUT2D eigenvalue weighted by Crippen LogP contribution is 2.34. The van der Waals surface area contributed by atoms with Gasteiger partial charge in [-0.15, -0.1) is 0 Å². The van der Waals surface area contributed by atoms with Crippen LogP contribution in [0.1, 0.15) is 18.0 Å². The van der Waals surface area contributed by atoms with Gasteiger partial charge in [-0.05, 0) is 17.7 Å². The second-order valence-electron chi connectivity index (χ2n) is 4.59. The molecule has 0 radical (unpaired) electrons. The Morgan fingerprint density at radius 3 is 2.58 bits per heavy atom. The number of piperazine rings is 1. The maximum Gasteiger partial charge on any atom is 0.240 e. The highest BCUT2D eigenvalue weighted by atomic mass is 79.9. The van der Waals surface area contributed by atoms with Crippen LogP contribution in [0.4, 0.5) is 8.78 Å². The van der Waals surface area contributed by atoms with Crippen LogP contribution < -0.4 is 5.32 Å². The van der Waals surface area contributed by atoms with E-state index in [-0.39, 0.29) is 12.5 Å². The molecule has 0 amide bonds. The summed E-state index contributed by atoms with van der Waals surface area (Å²) in [4.78, 5) is 2.08. The van der Waals surface area contributed by atoms with Crippen molar-refractivity contribution in [1.82, 2.24) is 10.2 Å². The van der Waals surface area contributed by atoms with E-state index in [0.29, 0.717) is 5.02 Å². The normalized spacial score (nSPS) is 18.8. The topological polar surface area (TPSA) is 15.3 Å². The molecule has 6 heteroatoms. The zero-order chi connectivity index (χ0) is 13.8. The van der Waals surface area contributed by atoms with Crippen LogP contribution in [0.25, 0.3) is 0 Å². The number of nitrogens with zero attached hydrogens (tertiary/aromatic N) is 1. The second-order valence-corrected chi connectivity index (χ2v) is 5.92. The molecule has 1 fully saturated rings. The largest absolute Gasteiger partial charge is 0.314 e. The van der Waals surface area contributed by atoms with E-state index in [4.69, 9.17) is 11.6 Å². The molecule has 1 aliphatic rings. The minimum absolute atomic E-state index is 0.179. The van der Waals surface area contributed by atoms with Gasteiger partial charge in [0, 0.05) is 48.1 Å². The predicted molar refractivity (Wildman–Crippen MR) is 77.0 cm³/mol. The Hall–Kier alpha value is -0.230. The quantitative estimate of drug-likeness (QED) is 0.888. The Bertz CT molecular complexity index is 425. The molecular formula is C13H16BrClF2N2. The summed E-state index contributed by atoms with van der Waals surface area (Å²) in [5, 5.41) is 3.77. The molecule has 0 aliphatic carbocycles. The highest BCUT2D eigenvalue weighted by molar-refractivity contribution is 9.10. The van der Waals surface area contributed by atoms with Crippen molar-refractivity contribution >= 4 is 27.5 Å². The lowest BCUT2D eigenvalue weighted by Crippen LogP contribution is -2.45. The molecule has 0 aromatic heterocycles. The molecule has 1 N–H and O–H groups in total. The van der Waals surface area contributed by atoms with Gasteiger partial charge in [-0.1, -0.05) is 33.6 Å². The van der Waals surface area contributed by atoms with Crippen molar-refractivity contribution in [1.29, 1.82) is 0 Å². The van der Waals surface area contributed by atoms with E-state index < -0.39 is 6.43 Å². The van der Waals surface area contributed by atoms with Crippen LogP contribution in [0, 0.1) is 0 Å². The average molecular weight is 354 g/mol. The summed E-state index contributed by atoms with van der Waals surface area (Å²) in [6.45, 7) is 3.19. The smallest absolute Gasteiger partial charge is 0.240 e. The third-order valence-electron chi connectivity index (χ3n) is 3.32. The van der Waals surface area contributed by atoms with Crippen molar-refractivity contribution in [2.45, 2.75) is 18.9 Å². The van der Waals surface area contributed by atoms with Crippen LogP contribution in [-0.2, 0) is 0 Å². The van der Waals surface area contributed by atoms with Crippen LogP contribution in [0.15, 0.2) is 22.7 Å². The first-order valence-electron chi connectivity index (χ1n) is 6.26. The molecule has 1 aromatic carbocycles. The lowest BCUT2D eigenvalue weighted by molar-refractivity contribution is 0.0739. The molecule has 1 aromatic rings. The Morgan fingerprint density at radius 2 is 2.00 bits per heavy atom. The minimum Gasteiger partial charge on any atom is -0.314 e. The fourth-order valence-electron chi connectivity index (χ4n) is 2.41. The molecule has 2 nitrogen and oxygen atoms in total. The maximum absolute atomic E-state index is 12.8. The standard InChI is InChI=1S/C13H16BrClF2N2/c14-9-1-2-10(11(15)7-9)12(8-13(16)17)19-5-3-18-4-6-19/h1-2,7,12-13,18H,3-6,8H2/t12-/m1/s1. The first kappa shape index (κ1) is 15.2. The number of hydrogen-bond acceptors (Lipinski definition) is 2. The molecule has 1 saturated heterocycles. The molecule has 2 rings (SSSR count). The van der Waals surface area contributed by atoms with Gasteiger partial charge in [0.2, 0.25) is 6.43 Å². The molecule has 0 spiro atoms. The van der Waals surface area contributed by atoms with Gasteiger partial charge in [0.05, 0.1) is 0 Å². The zero-order valence-corrected chi connectivity index (χ0v) is 12.7. The van der Waals surface area contributed by atoms with Gasteiger partial charge >= 0.3 is 0 Å². The number of benzene rings is 1. The van der Waals surface area contributed by atoms with Crippen LogP contribution in [0.3, 0.4) is 0 Å². The minimum atomic E-state index is -2.33. The third kappa shape index (κ3) is 4.12. The maximum atomic E-state index is 12.8. The molecule has 0 bridgehead atoms. The van der Waals surface area contributed by atoms with Gasteiger partial charge in [0.1, 0.15) is 0 Å². The Morgan fingerprint density at radius 1 is 1.32 bits per heavy atom. The predicted octanol–water partition coefficient (Wildman–Crippen LogP) is 3.70. The summed E-state index contributed by atoms with van der Waals surface area (Å²) in [6.07, 6.45) is -2.51. The van der Waals surface area contributed by atoms with Crippen molar-refractivity contribution < 1.29 is 8.78 Å². The lowest BCUT2D eigenvalue weighted by Gasteiger charge is -2.35. The van der Waals surface area contributed by atoms with E-state index in [2.05, 4.69) is 26.1 Å². The van der Waals surface area contributed by atoms with Crippen molar-refractivity contribution in [3.63, 3.8) is 0 Å². The molecule has 0 unspecified atom stereocenters. The monoisotopic (exact) mass is 352 g/mol. The summed E-state index contributed by atoms with van der Waals surface area (Å²) in [7, 11) is 0. The Balaban J connectivity index is 2.25. The van der Waals surface area contributed by atoms with Gasteiger partial charge < -0.3 is 5.32 Å². The summed E-state index contributed by atoms with van der Waals surface area (Å²) < 4.78 is 26.5. The Labute approximate surface area is 125 Å². The van der Waals surface area contributed by atoms with Gasteiger partial charge in [0.15, 0.2) is 0 Å². The molecule has 0 saturated carbocycles. The molecule has 106 valence electrons. The summed E-state index contributed by atoms with van der Waals surface area (Å²) in [5.74, 6) is 0. The Kier molecular flexibility index (Phi) is 5.57. The van der Waals surface area contributed by atoms with Gasteiger partial charge in [-0.2, -0.15) is 0 Å². The van der Waals surface area contributed by atoms with Crippen molar-refractivity contribution in [2.75, 3.05) is 26.2 Å². The highest BCUT2D eigenvalue weighted by Gasteiger charge is 2.26. The van der Waals surface area contributed by atoms with Crippen LogP contribution in [0.2, 0.25) is 5.02 Å². The van der Waals surface area contributed by atoms with E-state index in [1.807, 2.05) is 12.1 Å². The van der Waals surface area contributed by atoms with Gasteiger partial charge in [-0.25, -0.2) is 8.78 Å². The number of halogens is 4. The van der Waals surface area contributed by atoms with Crippen LogP contribution in [-0.4, -0.2) is 37.5 Å². The number of rotatable bonds is 4. The summed E-state index contributed by atoms with van der Waals surface area (Å²) in [5.41, 5.74) is 0.784. The number of alkyl halides is 2. The SMILES string of the molecule is FC(F)C[C@H](c1ccc(Br)cc1Cl)N1CCNCC1. The van der Waals surface area contributed by atoms with Gasteiger partial charge in [-0.3, -0.25) is 4.90 Å². The number of nitrogens with one attached hydrogen (secondary N) is 1. The lowest BCUT2D eigenvalue weighted by atomic mass is 10.0. The number of hydrogen-bond donors (Lipinski definition) is 1. The van der Waals surface area contributed by atoms with Crippen molar-refractivity contribution in [3.05, 3.63) is 33.3 Å². The first-order valence-corrected chi connectivity index (χ1v) is 7.43. The van der Waals surface area contributed by atoms with E-state index >= 15 is 0 Å².